The quantitative estimate of drug-likeness (QED) is 0.514. The molecular formula is C25H26N6O2. The molecule has 0 atom stereocenters. The van der Waals surface area contributed by atoms with Crippen LogP contribution in [0.1, 0.15) is 34.5 Å². The first-order valence-electron chi connectivity index (χ1n) is 11.3. The van der Waals surface area contributed by atoms with E-state index in [1.54, 1.807) is 4.68 Å². The van der Waals surface area contributed by atoms with Gasteiger partial charge in [0.2, 0.25) is 0 Å². The summed E-state index contributed by atoms with van der Waals surface area (Å²) in [7, 11) is 3.90. The Morgan fingerprint density at radius 1 is 1.15 bits per heavy atom. The Bertz CT molecular complexity index is 1340. The van der Waals surface area contributed by atoms with E-state index in [2.05, 4.69) is 31.0 Å². The van der Waals surface area contributed by atoms with Crippen LogP contribution >= 0.6 is 0 Å². The van der Waals surface area contributed by atoms with Crippen LogP contribution < -0.4 is 5.32 Å². The second-order valence-corrected chi connectivity index (χ2v) is 9.50. The van der Waals surface area contributed by atoms with Gasteiger partial charge < -0.3 is 14.6 Å². The maximum Gasteiger partial charge on any atom is 0.270 e. The number of hydrogen-bond acceptors (Lipinski definition) is 5. The number of aromatic nitrogens is 5. The summed E-state index contributed by atoms with van der Waals surface area (Å²) in [5.74, 6) is -0.106. The molecule has 1 saturated heterocycles. The largest absolute Gasteiger partial charge is 0.380 e. The number of rotatable bonds is 5. The highest BCUT2D eigenvalue weighted by atomic mass is 16.5. The zero-order valence-electron chi connectivity index (χ0n) is 18.8. The summed E-state index contributed by atoms with van der Waals surface area (Å²) in [6.45, 7) is 1.65. The van der Waals surface area contributed by atoms with Crippen LogP contribution in [0.2, 0.25) is 0 Å². The van der Waals surface area contributed by atoms with Crippen LogP contribution in [0.4, 0.5) is 0 Å². The normalized spacial score (nSPS) is 17.2. The van der Waals surface area contributed by atoms with E-state index in [9.17, 15) is 4.79 Å². The average molecular weight is 443 g/mol. The van der Waals surface area contributed by atoms with Gasteiger partial charge in [-0.15, -0.1) is 0 Å². The number of hydrogen-bond donors (Lipinski definition) is 1. The lowest BCUT2D eigenvalue weighted by Gasteiger charge is -2.53. The molecule has 168 valence electrons. The third-order valence-electron chi connectivity index (χ3n) is 6.85. The van der Waals surface area contributed by atoms with Crippen molar-refractivity contribution in [2.75, 3.05) is 13.2 Å². The van der Waals surface area contributed by atoms with Gasteiger partial charge in [-0.25, -0.2) is 4.98 Å². The summed E-state index contributed by atoms with van der Waals surface area (Å²) < 4.78 is 9.16. The molecule has 0 radical (unpaired) electrons. The van der Waals surface area contributed by atoms with Gasteiger partial charge in [-0.1, -0.05) is 6.07 Å². The van der Waals surface area contributed by atoms with Crippen molar-refractivity contribution in [2.24, 2.45) is 19.5 Å². The number of fused-ring (bicyclic) bond motifs is 1. The van der Waals surface area contributed by atoms with Crippen molar-refractivity contribution in [3.05, 3.63) is 65.7 Å². The molecule has 8 nitrogen and oxygen atoms in total. The molecule has 0 bridgehead atoms. The Labute approximate surface area is 191 Å². The molecule has 8 heteroatoms. The second kappa shape index (κ2) is 7.52. The average Bonchev–Trinajstić information content (AvgIpc) is 3.35. The monoisotopic (exact) mass is 442 g/mol. The zero-order chi connectivity index (χ0) is 22.6. The first kappa shape index (κ1) is 20.1. The minimum Gasteiger partial charge on any atom is -0.380 e. The van der Waals surface area contributed by atoms with Crippen LogP contribution in [-0.4, -0.2) is 49.5 Å². The lowest BCUT2D eigenvalue weighted by Crippen LogP contribution is -2.59. The summed E-state index contributed by atoms with van der Waals surface area (Å²) in [6.07, 6.45) is 8.42. The molecule has 1 N–H and O–H groups in total. The van der Waals surface area contributed by atoms with Gasteiger partial charge >= 0.3 is 0 Å². The number of aryl methyl sites for hydroxylation is 2. The zero-order valence-corrected chi connectivity index (χ0v) is 18.8. The number of ether oxygens (including phenoxy) is 1. The van der Waals surface area contributed by atoms with E-state index in [1.807, 2.05) is 57.0 Å². The van der Waals surface area contributed by atoms with Crippen LogP contribution in [0.25, 0.3) is 22.4 Å². The minimum atomic E-state index is -0.106. The van der Waals surface area contributed by atoms with Gasteiger partial charge in [0.05, 0.1) is 29.9 Å². The molecule has 6 rings (SSSR count). The number of carbonyl (C=O) groups is 1. The molecule has 2 aliphatic rings. The minimum absolute atomic E-state index is 0.106. The molecule has 1 amide bonds. The maximum absolute atomic E-state index is 13.0. The molecule has 2 fully saturated rings. The smallest absolute Gasteiger partial charge is 0.270 e. The summed E-state index contributed by atoms with van der Waals surface area (Å²) >= 11 is 0. The van der Waals surface area contributed by atoms with Crippen LogP contribution in [0, 0.1) is 5.41 Å². The van der Waals surface area contributed by atoms with E-state index in [0.717, 1.165) is 59.6 Å². The van der Waals surface area contributed by atoms with Gasteiger partial charge in [-0.3, -0.25) is 14.5 Å². The lowest BCUT2D eigenvalue weighted by molar-refractivity contribution is -0.165. The molecule has 0 aromatic carbocycles. The van der Waals surface area contributed by atoms with Crippen molar-refractivity contribution in [1.82, 2.24) is 29.6 Å². The molecule has 4 aromatic heterocycles. The van der Waals surface area contributed by atoms with Gasteiger partial charge in [0.1, 0.15) is 11.4 Å². The summed E-state index contributed by atoms with van der Waals surface area (Å²) in [5.41, 5.74) is 6.46. The molecule has 1 saturated carbocycles. The first-order valence-corrected chi connectivity index (χ1v) is 11.3. The van der Waals surface area contributed by atoms with Gasteiger partial charge in [-0.2, -0.15) is 5.10 Å². The number of nitrogens with zero attached hydrogens (tertiary/aromatic N) is 5. The van der Waals surface area contributed by atoms with E-state index in [0.29, 0.717) is 17.5 Å². The van der Waals surface area contributed by atoms with Crippen LogP contribution in [0.5, 0.6) is 0 Å². The van der Waals surface area contributed by atoms with E-state index >= 15 is 0 Å². The summed E-state index contributed by atoms with van der Waals surface area (Å²) in [5, 5.41) is 7.58. The number of amides is 1. The number of nitrogens with one attached hydrogen (secondary N) is 1. The van der Waals surface area contributed by atoms with Gasteiger partial charge in [0.25, 0.3) is 5.91 Å². The number of carbonyl (C=O) groups excluding carboxylic acids is 1. The van der Waals surface area contributed by atoms with Crippen LogP contribution in [0.3, 0.4) is 0 Å². The predicted octanol–water partition coefficient (Wildman–Crippen LogP) is 2.87. The molecule has 1 aliphatic carbocycles. The highest BCUT2D eigenvalue weighted by Gasteiger charge is 2.50. The van der Waals surface area contributed by atoms with Crippen molar-refractivity contribution in [1.29, 1.82) is 0 Å². The highest BCUT2D eigenvalue weighted by Crippen LogP contribution is 2.46. The Hall–Kier alpha value is -3.52. The molecule has 5 heterocycles. The Morgan fingerprint density at radius 2 is 2.00 bits per heavy atom. The van der Waals surface area contributed by atoms with Crippen molar-refractivity contribution in [3.8, 4) is 11.4 Å². The van der Waals surface area contributed by atoms with E-state index in [4.69, 9.17) is 4.74 Å². The molecular weight excluding hydrogens is 416 g/mol. The maximum atomic E-state index is 13.0. The van der Waals surface area contributed by atoms with E-state index in [-0.39, 0.29) is 11.9 Å². The Morgan fingerprint density at radius 3 is 2.67 bits per heavy atom. The van der Waals surface area contributed by atoms with Crippen molar-refractivity contribution >= 4 is 16.9 Å². The van der Waals surface area contributed by atoms with E-state index < -0.39 is 0 Å². The molecule has 0 unspecified atom stereocenters. The third-order valence-corrected chi connectivity index (χ3v) is 6.85. The molecule has 4 aromatic rings. The Balaban J connectivity index is 1.24. The second-order valence-electron chi connectivity index (χ2n) is 9.50. The molecule has 1 spiro atoms. The van der Waals surface area contributed by atoms with Gasteiger partial charge in [0, 0.05) is 50.6 Å². The Kier molecular flexibility index (Phi) is 4.58. The third kappa shape index (κ3) is 3.60. The molecule has 33 heavy (non-hydrogen) atoms. The van der Waals surface area contributed by atoms with Crippen LogP contribution in [-0.2, 0) is 25.3 Å². The topological polar surface area (TPSA) is 86.9 Å². The molecule has 1 aliphatic heterocycles. The number of pyridine rings is 2. The predicted molar refractivity (Wildman–Crippen MR) is 124 cm³/mol. The highest BCUT2D eigenvalue weighted by molar-refractivity contribution is 5.95. The van der Waals surface area contributed by atoms with Gasteiger partial charge in [-0.05, 0) is 48.2 Å². The fraction of sp³-hybridized carbons (Fsp3) is 0.360. The van der Waals surface area contributed by atoms with Gasteiger partial charge in [0.15, 0.2) is 0 Å². The SMILES string of the molecule is Cn1ccc(-c2ccc(Cc3cc(C(=O)NC4CC5(COC5)C4)nc4ccn(C)c34)cn2)n1. The fourth-order valence-corrected chi connectivity index (χ4v) is 5.07. The summed E-state index contributed by atoms with van der Waals surface area (Å²) in [6, 6.07) is 10.1. The van der Waals surface area contributed by atoms with Crippen molar-refractivity contribution < 1.29 is 9.53 Å². The van der Waals surface area contributed by atoms with Crippen molar-refractivity contribution in [3.63, 3.8) is 0 Å². The van der Waals surface area contributed by atoms with Crippen LogP contribution in [0.15, 0.2) is 48.9 Å². The van der Waals surface area contributed by atoms with Crippen molar-refractivity contribution in [2.45, 2.75) is 25.3 Å². The first-order chi connectivity index (χ1) is 16.0. The lowest BCUT2D eigenvalue weighted by atomic mass is 9.64. The fourth-order valence-electron chi connectivity index (χ4n) is 5.07. The standard InChI is InChI=1S/C25H26N6O2/c1-30-7-5-21-23(30)17(9-16-3-4-19(26-13-16)20-6-8-31(2)29-20)10-22(28-21)24(32)27-18-11-25(12-18)14-33-15-25/h3-8,10,13,18H,9,11-12,14-15H2,1-2H3,(H,27,32). The van der Waals surface area contributed by atoms with E-state index in [1.165, 1.54) is 0 Å². The summed E-state index contributed by atoms with van der Waals surface area (Å²) in [4.78, 5) is 22.2.